The number of unbranched alkanes of at least 4 members (excludes halogenated alkanes) is 2. The van der Waals surface area contributed by atoms with Gasteiger partial charge in [0.1, 0.15) is 0 Å². The van der Waals surface area contributed by atoms with Gasteiger partial charge < -0.3 is 9.84 Å². The predicted octanol–water partition coefficient (Wildman–Crippen LogP) is 1.65. The Morgan fingerprint density at radius 1 is 1.31 bits per heavy atom. The van der Waals surface area contributed by atoms with Gasteiger partial charge in [0.25, 0.3) is 5.91 Å². The maximum Gasteiger partial charge on any atom is 0.334 e. The zero-order chi connectivity index (χ0) is 12.0. The molecule has 0 fully saturated rings. The monoisotopic (exact) mass is 227 g/mol. The largest absolute Gasteiger partial charge is 0.412 e. The van der Waals surface area contributed by atoms with Crippen LogP contribution in [0.1, 0.15) is 39.5 Å². The van der Waals surface area contributed by atoms with Crippen LogP contribution in [0.15, 0.2) is 12.2 Å². The Balaban J connectivity index is 2.59. The second-order valence-corrected chi connectivity index (χ2v) is 4.11. The maximum atomic E-state index is 11.0. The van der Waals surface area contributed by atoms with E-state index in [-0.39, 0.29) is 0 Å². The normalized spacial score (nSPS) is 24.1. The van der Waals surface area contributed by atoms with E-state index < -0.39 is 11.9 Å². The number of esters is 1. The summed E-state index contributed by atoms with van der Waals surface area (Å²) in [6, 6.07) is 0. The molecule has 0 saturated heterocycles. The fourth-order valence-electron chi connectivity index (χ4n) is 1.69. The number of rotatable bonds is 7. The van der Waals surface area contributed by atoms with Gasteiger partial charge in [-0.1, -0.05) is 26.7 Å². The Morgan fingerprint density at radius 2 is 1.88 bits per heavy atom. The van der Waals surface area contributed by atoms with Crippen LogP contribution in [0.25, 0.3) is 0 Å². The van der Waals surface area contributed by atoms with Crippen LogP contribution < -0.4 is 0 Å². The van der Waals surface area contributed by atoms with Crippen LogP contribution in [0.4, 0.5) is 0 Å². The van der Waals surface area contributed by atoms with Crippen molar-refractivity contribution < 1.29 is 14.6 Å². The quantitative estimate of drug-likeness (QED) is 0.530. The molecule has 92 valence electrons. The standard InChI is InChI=1S/C12H21NO3/c1-3-5-9-13(10-6-4-2)12(15)8-7-11(14)16-12/h7-8,15H,3-6,9-10H2,1-2H3. The molecule has 4 heteroatoms. The zero-order valence-electron chi connectivity index (χ0n) is 10.1. The highest BCUT2D eigenvalue weighted by molar-refractivity contribution is 5.84. The van der Waals surface area contributed by atoms with Crippen molar-refractivity contribution in [3.8, 4) is 0 Å². The van der Waals surface area contributed by atoms with Crippen LogP contribution in [0.3, 0.4) is 0 Å². The molecule has 0 saturated carbocycles. The molecule has 0 spiro atoms. The van der Waals surface area contributed by atoms with E-state index in [9.17, 15) is 9.90 Å². The van der Waals surface area contributed by atoms with E-state index in [0.717, 1.165) is 38.8 Å². The number of carbonyl (C=O) groups excluding carboxylic acids is 1. The van der Waals surface area contributed by atoms with Crippen LogP contribution >= 0.6 is 0 Å². The van der Waals surface area contributed by atoms with Crippen molar-refractivity contribution in [3.63, 3.8) is 0 Å². The molecule has 1 unspecified atom stereocenters. The number of hydrogen-bond acceptors (Lipinski definition) is 4. The lowest BCUT2D eigenvalue weighted by Crippen LogP contribution is -2.49. The summed E-state index contributed by atoms with van der Waals surface area (Å²) in [4.78, 5) is 12.8. The van der Waals surface area contributed by atoms with Crippen molar-refractivity contribution in [2.24, 2.45) is 0 Å². The average Bonchev–Trinajstić information content (AvgIpc) is 2.60. The lowest BCUT2D eigenvalue weighted by Gasteiger charge is -2.33. The van der Waals surface area contributed by atoms with Gasteiger partial charge in [-0.25, -0.2) is 9.69 Å². The summed E-state index contributed by atoms with van der Waals surface area (Å²) < 4.78 is 4.94. The minimum absolute atomic E-state index is 0.472. The lowest BCUT2D eigenvalue weighted by molar-refractivity contribution is -0.239. The number of hydrogen-bond donors (Lipinski definition) is 1. The minimum Gasteiger partial charge on any atom is -0.412 e. The molecule has 0 radical (unpaired) electrons. The van der Waals surface area contributed by atoms with Crippen LogP contribution in [0.2, 0.25) is 0 Å². The first-order valence-corrected chi connectivity index (χ1v) is 6.02. The third-order valence-corrected chi connectivity index (χ3v) is 2.70. The Morgan fingerprint density at radius 3 is 2.25 bits per heavy atom. The predicted molar refractivity (Wildman–Crippen MR) is 61.6 cm³/mol. The van der Waals surface area contributed by atoms with E-state index in [1.165, 1.54) is 12.2 Å². The highest BCUT2D eigenvalue weighted by Gasteiger charge is 2.38. The highest BCUT2D eigenvalue weighted by atomic mass is 16.7. The Hall–Kier alpha value is -0.870. The van der Waals surface area contributed by atoms with Gasteiger partial charge in [0, 0.05) is 25.2 Å². The van der Waals surface area contributed by atoms with Crippen molar-refractivity contribution in [1.29, 1.82) is 0 Å². The van der Waals surface area contributed by atoms with Gasteiger partial charge in [-0.05, 0) is 12.8 Å². The van der Waals surface area contributed by atoms with Crippen LogP contribution in [-0.4, -0.2) is 35.0 Å². The number of cyclic esters (lactones) is 1. The summed E-state index contributed by atoms with van der Waals surface area (Å²) in [6.07, 6.45) is 6.78. The van der Waals surface area contributed by atoms with Gasteiger partial charge >= 0.3 is 5.97 Å². The highest BCUT2D eigenvalue weighted by Crippen LogP contribution is 2.22. The summed E-state index contributed by atoms with van der Waals surface area (Å²) >= 11 is 0. The van der Waals surface area contributed by atoms with E-state index >= 15 is 0 Å². The van der Waals surface area contributed by atoms with Gasteiger partial charge in [-0.15, -0.1) is 0 Å². The molecule has 0 amide bonds. The molecule has 0 aromatic carbocycles. The SMILES string of the molecule is CCCCN(CCCC)C1(O)C=CC(=O)O1. The second kappa shape index (κ2) is 6.01. The molecule has 1 aliphatic heterocycles. The molecule has 0 bridgehead atoms. The molecular weight excluding hydrogens is 206 g/mol. The molecule has 1 aliphatic rings. The van der Waals surface area contributed by atoms with Crippen molar-refractivity contribution in [3.05, 3.63) is 12.2 Å². The number of nitrogens with zero attached hydrogens (tertiary/aromatic N) is 1. The van der Waals surface area contributed by atoms with E-state index in [1.54, 1.807) is 0 Å². The van der Waals surface area contributed by atoms with Crippen molar-refractivity contribution in [2.75, 3.05) is 13.1 Å². The first-order chi connectivity index (χ1) is 7.62. The third-order valence-electron chi connectivity index (χ3n) is 2.70. The van der Waals surface area contributed by atoms with Crippen molar-refractivity contribution >= 4 is 5.97 Å². The van der Waals surface area contributed by atoms with Gasteiger partial charge in [0.15, 0.2) is 0 Å². The number of aliphatic hydroxyl groups is 1. The Labute approximate surface area is 96.9 Å². The van der Waals surface area contributed by atoms with E-state index in [2.05, 4.69) is 13.8 Å². The first-order valence-electron chi connectivity index (χ1n) is 6.02. The number of carbonyl (C=O) groups is 1. The van der Waals surface area contributed by atoms with Crippen LogP contribution in [0.5, 0.6) is 0 Å². The molecule has 1 rings (SSSR count). The van der Waals surface area contributed by atoms with E-state index in [4.69, 9.17) is 4.74 Å². The molecule has 0 aromatic heterocycles. The zero-order valence-corrected chi connectivity index (χ0v) is 10.1. The summed E-state index contributed by atoms with van der Waals surface area (Å²) in [5.74, 6) is -1.98. The summed E-state index contributed by atoms with van der Waals surface area (Å²) in [7, 11) is 0. The lowest BCUT2D eigenvalue weighted by atomic mass is 10.2. The number of ether oxygens (including phenoxy) is 1. The van der Waals surface area contributed by atoms with Gasteiger partial charge in [-0.2, -0.15) is 0 Å². The summed E-state index contributed by atoms with van der Waals surface area (Å²) in [5.41, 5.74) is 0. The second-order valence-electron chi connectivity index (χ2n) is 4.11. The topological polar surface area (TPSA) is 49.8 Å². The smallest absolute Gasteiger partial charge is 0.334 e. The average molecular weight is 227 g/mol. The van der Waals surface area contributed by atoms with E-state index in [0.29, 0.717) is 0 Å². The third kappa shape index (κ3) is 3.32. The Kier molecular flexibility index (Phi) is 4.96. The van der Waals surface area contributed by atoms with Gasteiger partial charge in [0.2, 0.25) is 0 Å². The molecule has 1 N–H and O–H groups in total. The molecule has 1 heterocycles. The maximum absolute atomic E-state index is 11.0. The Bertz CT molecular complexity index is 257. The van der Waals surface area contributed by atoms with Crippen molar-refractivity contribution in [1.82, 2.24) is 4.90 Å². The molecule has 0 aromatic rings. The van der Waals surface area contributed by atoms with Crippen LogP contribution in [-0.2, 0) is 9.53 Å². The molecule has 16 heavy (non-hydrogen) atoms. The summed E-state index contributed by atoms with van der Waals surface area (Å²) in [6.45, 7) is 5.67. The van der Waals surface area contributed by atoms with E-state index in [1.807, 2.05) is 4.90 Å². The molecule has 0 aliphatic carbocycles. The van der Waals surface area contributed by atoms with Crippen molar-refractivity contribution in [2.45, 2.75) is 45.4 Å². The fraction of sp³-hybridized carbons (Fsp3) is 0.750. The van der Waals surface area contributed by atoms with Gasteiger partial charge in [-0.3, -0.25) is 0 Å². The fourth-order valence-corrected chi connectivity index (χ4v) is 1.69. The molecule has 4 nitrogen and oxygen atoms in total. The van der Waals surface area contributed by atoms with Gasteiger partial charge in [0.05, 0.1) is 0 Å². The molecule has 1 atom stereocenters. The molecular formula is C12H21NO3. The minimum atomic E-state index is -1.51. The first kappa shape index (κ1) is 13.2. The summed E-state index contributed by atoms with van der Waals surface area (Å²) in [5, 5.41) is 10.2. The van der Waals surface area contributed by atoms with Crippen LogP contribution in [0, 0.1) is 0 Å².